The fourth-order valence-electron chi connectivity index (χ4n) is 2.27. The van der Waals surface area contributed by atoms with Crippen LogP contribution in [0.25, 0.3) is 0 Å². The summed E-state index contributed by atoms with van der Waals surface area (Å²) in [6.07, 6.45) is 1.61. The van der Waals surface area contributed by atoms with Gasteiger partial charge in [0.1, 0.15) is 5.69 Å². The number of pyridine rings is 1. The molecule has 0 aliphatic rings. The second kappa shape index (κ2) is 7.40. The Labute approximate surface area is 145 Å². The molecule has 0 atom stereocenters. The van der Waals surface area contributed by atoms with E-state index in [0.717, 1.165) is 11.4 Å². The third kappa shape index (κ3) is 4.29. The second-order valence-corrected chi connectivity index (χ2v) is 5.51. The molecule has 0 aliphatic heterocycles. The van der Waals surface area contributed by atoms with Gasteiger partial charge in [0.25, 0.3) is 5.91 Å². The van der Waals surface area contributed by atoms with Gasteiger partial charge < -0.3 is 10.6 Å². The molecule has 5 nitrogen and oxygen atoms in total. The number of rotatable bonds is 5. The first kappa shape index (κ1) is 16.4. The highest BCUT2D eigenvalue weighted by Gasteiger charge is 2.08. The first-order valence-electron chi connectivity index (χ1n) is 7.82. The minimum absolute atomic E-state index is 0.0129. The Bertz CT molecular complexity index is 873. The summed E-state index contributed by atoms with van der Waals surface area (Å²) in [7, 11) is 0. The molecule has 0 saturated heterocycles. The number of aromatic nitrogens is 1. The maximum Gasteiger partial charge on any atom is 0.274 e. The highest BCUT2D eigenvalue weighted by atomic mass is 16.2. The van der Waals surface area contributed by atoms with Gasteiger partial charge in [0.15, 0.2) is 5.78 Å². The number of benzene rings is 2. The van der Waals surface area contributed by atoms with E-state index in [-0.39, 0.29) is 11.7 Å². The predicted octanol–water partition coefficient (Wildman–Crippen LogP) is 4.28. The van der Waals surface area contributed by atoms with E-state index in [1.807, 2.05) is 30.3 Å². The minimum atomic E-state index is -0.304. The number of anilines is 3. The van der Waals surface area contributed by atoms with Gasteiger partial charge in [-0.25, -0.2) is 4.98 Å². The summed E-state index contributed by atoms with van der Waals surface area (Å²) in [5.74, 6) is -0.317. The zero-order valence-electron chi connectivity index (χ0n) is 13.7. The number of carbonyl (C=O) groups is 2. The third-order valence-corrected chi connectivity index (χ3v) is 3.61. The van der Waals surface area contributed by atoms with Crippen molar-refractivity contribution in [3.05, 3.63) is 84.2 Å². The molecule has 0 bridgehead atoms. The van der Waals surface area contributed by atoms with Crippen molar-refractivity contribution >= 4 is 28.8 Å². The van der Waals surface area contributed by atoms with E-state index in [2.05, 4.69) is 15.6 Å². The zero-order chi connectivity index (χ0) is 17.6. The van der Waals surface area contributed by atoms with Crippen LogP contribution in [-0.4, -0.2) is 16.7 Å². The van der Waals surface area contributed by atoms with Crippen LogP contribution in [0, 0.1) is 0 Å². The largest absolute Gasteiger partial charge is 0.354 e. The summed E-state index contributed by atoms with van der Waals surface area (Å²) in [5.41, 5.74) is 3.28. The van der Waals surface area contributed by atoms with E-state index >= 15 is 0 Å². The molecular formula is C20H17N3O2. The van der Waals surface area contributed by atoms with Crippen LogP contribution in [-0.2, 0) is 0 Å². The maximum atomic E-state index is 12.2. The van der Waals surface area contributed by atoms with Gasteiger partial charge in [0, 0.05) is 16.9 Å². The highest BCUT2D eigenvalue weighted by Crippen LogP contribution is 2.16. The number of hydrogen-bond donors (Lipinski definition) is 2. The Morgan fingerprint density at radius 1 is 0.800 bits per heavy atom. The number of nitrogens with zero attached hydrogens (tertiary/aromatic N) is 1. The molecular weight excluding hydrogens is 314 g/mol. The van der Waals surface area contributed by atoms with Crippen LogP contribution in [0.4, 0.5) is 17.1 Å². The normalized spacial score (nSPS) is 10.1. The van der Waals surface area contributed by atoms with Crippen molar-refractivity contribution in [2.24, 2.45) is 0 Å². The number of ketones is 1. The van der Waals surface area contributed by atoms with Gasteiger partial charge in [-0.15, -0.1) is 0 Å². The molecule has 3 rings (SSSR count). The lowest BCUT2D eigenvalue weighted by atomic mass is 10.1. The summed E-state index contributed by atoms with van der Waals surface area (Å²) in [6, 6.07) is 19.9. The molecule has 1 heterocycles. The Hall–Kier alpha value is -3.47. The molecule has 0 aliphatic carbocycles. The Balaban J connectivity index is 1.65. The fraction of sp³-hybridized carbons (Fsp3) is 0.0500. The highest BCUT2D eigenvalue weighted by molar-refractivity contribution is 6.03. The van der Waals surface area contributed by atoms with Crippen LogP contribution in [0.1, 0.15) is 27.8 Å². The van der Waals surface area contributed by atoms with Crippen LogP contribution < -0.4 is 10.6 Å². The van der Waals surface area contributed by atoms with Crippen molar-refractivity contribution in [1.82, 2.24) is 4.98 Å². The maximum absolute atomic E-state index is 12.2. The summed E-state index contributed by atoms with van der Waals surface area (Å²) in [4.78, 5) is 27.7. The number of nitrogens with one attached hydrogen (secondary N) is 2. The van der Waals surface area contributed by atoms with Gasteiger partial charge >= 0.3 is 0 Å². The van der Waals surface area contributed by atoms with Gasteiger partial charge in [0.05, 0.1) is 11.9 Å². The topological polar surface area (TPSA) is 71.1 Å². The van der Waals surface area contributed by atoms with E-state index in [4.69, 9.17) is 0 Å². The van der Waals surface area contributed by atoms with Crippen molar-refractivity contribution in [2.45, 2.75) is 6.92 Å². The summed E-state index contributed by atoms with van der Waals surface area (Å²) in [5, 5.41) is 5.97. The Morgan fingerprint density at radius 3 is 2.08 bits per heavy atom. The second-order valence-electron chi connectivity index (χ2n) is 5.51. The average Bonchev–Trinajstić information content (AvgIpc) is 2.63. The van der Waals surface area contributed by atoms with Gasteiger partial charge in [-0.1, -0.05) is 18.2 Å². The van der Waals surface area contributed by atoms with E-state index in [1.165, 1.54) is 6.92 Å². The summed E-state index contributed by atoms with van der Waals surface area (Å²) < 4.78 is 0. The SMILES string of the molecule is CC(=O)c1ccc(NC(=O)c2ccc(Nc3ccccc3)cn2)cc1. The smallest absolute Gasteiger partial charge is 0.274 e. The lowest BCUT2D eigenvalue weighted by molar-refractivity contribution is 0.101. The van der Waals surface area contributed by atoms with Crippen molar-refractivity contribution in [3.63, 3.8) is 0 Å². The van der Waals surface area contributed by atoms with Crippen LogP contribution >= 0.6 is 0 Å². The predicted molar refractivity (Wildman–Crippen MR) is 98.4 cm³/mol. The molecule has 124 valence electrons. The van der Waals surface area contributed by atoms with Crippen molar-refractivity contribution < 1.29 is 9.59 Å². The Kier molecular flexibility index (Phi) is 4.85. The zero-order valence-corrected chi connectivity index (χ0v) is 13.7. The van der Waals surface area contributed by atoms with E-state index in [1.54, 1.807) is 42.6 Å². The molecule has 2 N–H and O–H groups in total. The van der Waals surface area contributed by atoms with Gasteiger partial charge in [-0.3, -0.25) is 9.59 Å². The molecule has 0 fully saturated rings. The molecule has 0 radical (unpaired) electrons. The fourth-order valence-corrected chi connectivity index (χ4v) is 2.27. The molecule has 25 heavy (non-hydrogen) atoms. The molecule has 0 spiro atoms. The molecule has 1 aromatic heterocycles. The van der Waals surface area contributed by atoms with Gasteiger partial charge in [-0.05, 0) is 55.5 Å². The van der Waals surface area contributed by atoms with Gasteiger partial charge in [-0.2, -0.15) is 0 Å². The number of amides is 1. The molecule has 2 aromatic carbocycles. The summed E-state index contributed by atoms with van der Waals surface area (Å²) in [6.45, 7) is 1.50. The van der Waals surface area contributed by atoms with Crippen LogP contribution in [0.15, 0.2) is 72.9 Å². The lowest BCUT2D eigenvalue weighted by Crippen LogP contribution is -2.13. The lowest BCUT2D eigenvalue weighted by Gasteiger charge is -2.08. The standard InChI is InChI=1S/C20H17N3O2/c1-14(24)15-7-9-17(10-8-15)23-20(25)19-12-11-18(13-21-19)22-16-5-3-2-4-6-16/h2-13,22H,1H3,(H,23,25). The number of carbonyl (C=O) groups excluding carboxylic acids is 2. The average molecular weight is 331 g/mol. The van der Waals surface area contributed by atoms with Crippen molar-refractivity contribution in [3.8, 4) is 0 Å². The van der Waals surface area contributed by atoms with E-state index in [9.17, 15) is 9.59 Å². The molecule has 3 aromatic rings. The first-order valence-corrected chi connectivity index (χ1v) is 7.82. The van der Waals surface area contributed by atoms with Crippen LogP contribution in [0.5, 0.6) is 0 Å². The molecule has 0 saturated carbocycles. The van der Waals surface area contributed by atoms with Crippen LogP contribution in [0.3, 0.4) is 0 Å². The van der Waals surface area contributed by atoms with Crippen molar-refractivity contribution in [2.75, 3.05) is 10.6 Å². The number of hydrogen-bond acceptors (Lipinski definition) is 4. The van der Waals surface area contributed by atoms with E-state index < -0.39 is 0 Å². The first-order chi connectivity index (χ1) is 12.1. The monoisotopic (exact) mass is 331 g/mol. The minimum Gasteiger partial charge on any atom is -0.354 e. The van der Waals surface area contributed by atoms with Crippen LogP contribution in [0.2, 0.25) is 0 Å². The number of para-hydroxylation sites is 1. The quantitative estimate of drug-likeness (QED) is 0.685. The van der Waals surface area contributed by atoms with Gasteiger partial charge in [0.2, 0.25) is 0 Å². The Morgan fingerprint density at radius 2 is 1.48 bits per heavy atom. The molecule has 1 amide bonds. The third-order valence-electron chi connectivity index (χ3n) is 3.61. The van der Waals surface area contributed by atoms with Crippen molar-refractivity contribution in [1.29, 1.82) is 0 Å². The van der Waals surface area contributed by atoms with E-state index in [0.29, 0.717) is 16.9 Å². The molecule has 0 unspecified atom stereocenters. The number of Topliss-reactive ketones (excluding diaryl/α,β-unsaturated/α-hetero) is 1. The summed E-state index contributed by atoms with van der Waals surface area (Å²) >= 11 is 0. The molecule has 5 heteroatoms.